The molecule has 6 nitrogen and oxygen atoms in total. The number of rotatable bonds is 6. The first-order chi connectivity index (χ1) is 15.6. The van der Waals surface area contributed by atoms with Gasteiger partial charge in [-0.15, -0.1) is 0 Å². The van der Waals surface area contributed by atoms with Gasteiger partial charge in [0, 0.05) is 17.3 Å². The van der Waals surface area contributed by atoms with Gasteiger partial charge in [0.1, 0.15) is 5.82 Å². The fourth-order valence-corrected chi connectivity index (χ4v) is 3.09. The third-order valence-corrected chi connectivity index (χ3v) is 4.66. The molecule has 0 saturated carbocycles. The van der Waals surface area contributed by atoms with E-state index >= 15 is 0 Å². The second-order valence-corrected chi connectivity index (χ2v) is 7.01. The first kappa shape index (κ1) is 23.7. The van der Waals surface area contributed by atoms with Crippen LogP contribution in [0.2, 0.25) is 0 Å². The number of alkyl halides is 3. The number of amides is 1. The molecule has 3 aromatic rings. The zero-order chi connectivity index (χ0) is 24.2. The Hall–Kier alpha value is -3.95. The molecule has 1 heterocycles. The number of ether oxygens (including phenoxy) is 1. The topological polar surface area (TPSA) is 73.2 Å². The Morgan fingerprint density at radius 1 is 1.09 bits per heavy atom. The summed E-state index contributed by atoms with van der Waals surface area (Å²) in [5.41, 5.74) is 1.11. The van der Waals surface area contributed by atoms with Gasteiger partial charge >= 0.3 is 12.1 Å². The molecule has 1 N–H and O–H groups in total. The Morgan fingerprint density at radius 2 is 1.76 bits per heavy atom. The highest BCUT2D eigenvalue weighted by Gasteiger charge is 2.33. The van der Waals surface area contributed by atoms with Crippen molar-refractivity contribution in [2.45, 2.75) is 20.0 Å². The summed E-state index contributed by atoms with van der Waals surface area (Å²) in [6, 6.07) is 10.2. The molecule has 0 atom stereocenters. The average Bonchev–Trinajstić information content (AvgIpc) is 3.04. The monoisotopic (exact) mass is 461 g/mol. The van der Waals surface area contributed by atoms with Gasteiger partial charge in [0.25, 0.3) is 5.91 Å². The molecule has 33 heavy (non-hydrogen) atoms. The maximum atomic E-state index is 13.1. The van der Waals surface area contributed by atoms with Crippen molar-refractivity contribution in [3.8, 4) is 5.69 Å². The lowest BCUT2D eigenvalue weighted by molar-refractivity contribution is -0.142. The molecule has 0 unspecified atom stereocenters. The van der Waals surface area contributed by atoms with E-state index in [1.165, 1.54) is 30.3 Å². The highest BCUT2D eigenvalue weighted by molar-refractivity contribution is 5.95. The van der Waals surface area contributed by atoms with Crippen molar-refractivity contribution < 1.29 is 31.9 Å². The van der Waals surface area contributed by atoms with Crippen LogP contribution >= 0.6 is 0 Å². The number of nitrogens with one attached hydrogen (secondary N) is 1. The molecule has 10 heteroatoms. The lowest BCUT2D eigenvalue weighted by Crippen LogP contribution is -2.22. The number of hydrogen-bond donors (Lipinski definition) is 1. The van der Waals surface area contributed by atoms with Crippen LogP contribution in [0.25, 0.3) is 11.8 Å². The number of esters is 1. The minimum absolute atomic E-state index is 0.380. The summed E-state index contributed by atoms with van der Waals surface area (Å²) in [6.45, 7) is 2.73. The van der Waals surface area contributed by atoms with E-state index in [2.05, 4.69) is 10.4 Å². The Bertz CT molecular complexity index is 1200. The summed E-state index contributed by atoms with van der Waals surface area (Å²) >= 11 is 0. The zero-order valence-electron chi connectivity index (χ0n) is 17.6. The van der Waals surface area contributed by atoms with Crippen LogP contribution in [0.4, 0.5) is 23.2 Å². The number of benzene rings is 2. The minimum atomic E-state index is -4.64. The number of aromatic nitrogens is 2. The van der Waals surface area contributed by atoms with E-state index in [0.717, 1.165) is 18.2 Å². The number of aryl methyl sites for hydroxylation is 1. The number of carbonyl (C=O) groups excluding carboxylic acids is 2. The predicted molar refractivity (Wildman–Crippen MR) is 113 cm³/mol. The molecule has 1 aromatic heterocycles. The molecule has 0 bridgehead atoms. The van der Waals surface area contributed by atoms with Crippen molar-refractivity contribution in [3.63, 3.8) is 0 Å². The SMILES string of the molecule is Cc1nn(-c2ccc(F)cc2)c(C)c1/C=C/C(=O)OCC(=O)Nc1ccccc1C(F)(F)F. The Labute approximate surface area is 186 Å². The predicted octanol–water partition coefficient (Wildman–Crippen LogP) is 4.84. The van der Waals surface area contributed by atoms with Gasteiger partial charge in [-0.25, -0.2) is 13.9 Å². The van der Waals surface area contributed by atoms with Crippen LogP contribution in [0.1, 0.15) is 22.5 Å². The van der Waals surface area contributed by atoms with E-state index in [4.69, 9.17) is 4.74 Å². The molecule has 0 aliphatic rings. The largest absolute Gasteiger partial charge is 0.452 e. The highest BCUT2D eigenvalue weighted by atomic mass is 19.4. The Morgan fingerprint density at radius 3 is 2.42 bits per heavy atom. The van der Waals surface area contributed by atoms with Crippen molar-refractivity contribution in [2.24, 2.45) is 0 Å². The van der Waals surface area contributed by atoms with Gasteiger partial charge in [-0.2, -0.15) is 18.3 Å². The van der Waals surface area contributed by atoms with Gasteiger partial charge in [-0.3, -0.25) is 4.79 Å². The summed E-state index contributed by atoms with van der Waals surface area (Å²) in [4.78, 5) is 23.9. The maximum Gasteiger partial charge on any atom is 0.418 e. The smallest absolute Gasteiger partial charge is 0.418 e. The average molecular weight is 461 g/mol. The van der Waals surface area contributed by atoms with Crippen molar-refractivity contribution in [3.05, 3.63) is 82.9 Å². The van der Waals surface area contributed by atoms with E-state index in [-0.39, 0.29) is 5.82 Å². The summed E-state index contributed by atoms with van der Waals surface area (Å²) in [5.74, 6) is -2.15. The van der Waals surface area contributed by atoms with Crippen LogP contribution in [0.3, 0.4) is 0 Å². The van der Waals surface area contributed by atoms with Crippen LogP contribution in [-0.4, -0.2) is 28.3 Å². The second-order valence-electron chi connectivity index (χ2n) is 7.01. The molecule has 0 aliphatic carbocycles. The lowest BCUT2D eigenvalue weighted by atomic mass is 10.1. The molecular formula is C23H19F4N3O3. The number of para-hydroxylation sites is 1. The molecule has 0 aliphatic heterocycles. The van der Waals surface area contributed by atoms with Gasteiger partial charge in [0.15, 0.2) is 6.61 Å². The van der Waals surface area contributed by atoms with Crippen molar-refractivity contribution in [1.29, 1.82) is 0 Å². The number of carbonyl (C=O) groups is 2. The first-order valence-corrected chi connectivity index (χ1v) is 9.69. The van der Waals surface area contributed by atoms with Gasteiger partial charge < -0.3 is 10.1 Å². The normalized spacial score (nSPS) is 11.6. The van der Waals surface area contributed by atoms with Gasteiger partial charge in [0.05, 0.1) is 22.6 Å². The van der Waals surface area contributed by atoms with E-state index < -0.39 is 35.9 Å². The quantitative estimate of drug-likeness (QED) is 0.324. The van der Waals surface area contributed by atoms with Crippen LogP contribution < -0.4 is 5.32 Å². The molecule has 2 aromatic carbocycles. The Balaban J connectivity index is 1.62. The van der Waals surface area contributed by atoms with Crippen LogP contribution in [-0.2, 0) is 20.5 Å². The number of hydrogen-bond acceptors (Lipinski definition) is 4. The summed E-state index contributed by atoms with van der Waals surface area (Å²) < 4.78 is 58.6. The first-order valence-electron chi connectivity index (χ1n) is 9.69. The lowest BCUT2D eigenvalue weighted by Gasteiger charge is -2.13. The fraction of sp³-hybridized carbons (Fsp3) is 0.174. The molecular weight excluding hydrogens is 442 g/mol. The number of nitrogens with zero attached hydrogens (tertiary/aromatic N) is 2. The van der Waals surface area contributed by atoms with E-state index in [1.54, 1.807) is 30.7 Å². The van der Waals surface area contributed by atoms with E-state index in [9.17, 15) is 27.2 Å². The van der Waals surface area contributed by atoms with Gasteiger partial charge in [-0.05, 0) is 56.3 Å². The summed E-state index contributed by atoms with van der Waals surface area (Å²) in [7, 11) is 0. The molecule has 172 valence electrons. The summed E-state index contributed by atoms with van der Waals surface area (Å²) in [5, 5.41) is 6.46. The van der Waals surface area contributed by atoms with Gasteiger partial charge in [0.2, 0.25) is 0 Å². The van der Waals surface area contributed by atoms with Crippen LogP contribution in [0.5, 0.6) is 0 Å². The molecule has 0 saturated heterocycles. The fourth-order valence-electron chi connectivity index (χ4n) is 3.09. The molecule has 1 amide bonds. The molecule has 0 radical (unpaired) electrons. The number of halogens is 4. The van der Waals surface area contributed by atoms with E-state index in [0.29, 0.717) is 22.6 Å². The summed E-state index contributed by atoms with van der Waals surface area (Å²) in [6.07, 6.45) is -2.10. The van der Waals surface area contributed by atoms with Crippen molar-refractivity contribution >= 4 is 23.6 Å². The zero-order valence-corrected chi connectivity index (χ0v) is 17.6. The van der Waals surface area contributed by atoms with Crippen LogP contribution in [0.15, 0.2) is 54.6 Å². The maximum absolute atomic E-state index is 13.1. The minimum Gasteiger partial charge on any atom is -0.452 e. The molecule has 0 fully saturated rings. The number of anilines is 1. The van der Waals surface area contributed by atoms with Crippen molar-refractivity contribution in [2.75, 3.05) is 11.9 Å². The third-order valence-electron chi connectivity index (χ3n) is 4.66. The van der Waals surface area contributed by atoms with Gasteiger partial charge in [-0.1, -0.05) is 12.1 Å². The molecule has 0 spiro atoms. The van der Waals surface area contributed by atoms with Crippen LogP contribution in [0, 0.1) is 19.7 Å². The second kappa shape index (κ2) is 9.68. The molecule has 3 rings (SSSR count). The standard InChI is InChI=1S/C23H19F4N3O3/c1-14-18(15(2)30(29-14)17-9-7-16(24)8-10-17)11-12-22(32)33-13-21(31)28-20-6-4-3-5-19(20)23(25,26)27/h3-12H,13H2,1-2H3,(H,28,31)/b12-11+. The highest BCUT2D eigenvalue weighted by Crippen LogP contribution is 2.34. The van der Waals surface area contributed by atoms with Crippen molar-refractivity contribution in [1.82, 2.24) is 9.78 Å². The third kappa shape index (κ3) is 5.85. The Kier molecular flexibility index (Phi) is 6.95. The van der Waals surface area contributed by atoms with E-state index in [1.807, 2.05) is 0 Å².